The lowest BCUT2D eigenvalue weighted by molar-refractivity contribution is -0.113. The zero-order valence-corrected chi connectivity index (χ0v) is 22.4. The monoisotopic (exact) mass is 559 g/mol. The van der Waals surface area contributed by atoms with Gasteiger partial charge < -0.3 is 14.8 Å². The Morgan fingerprint density at radius 3 is 2.46 bits per heavy atom. The van der Waals surface area contributed by atoms with Gasteiger partial charge in [-0.3, -0.25) is 19.5 Å². The summed E-state index contributed by atoms with van der Waals surface area (Å²) in [7, 11) is 3.02. The van der Waals surface area contributed by atoms with Crippen molar-refractivity contribution in [2.45, 2.75) is 18.6 Å². The number of nitrogens with one attached hydrogen (secondary N) is 2. The molecule has 0 spiro atoms. The van der Waals surface area contributed by atoms with Crippen LogP contribution < -0.4 is 20.1 Å². The second-order valence-electron chi connectivity index (χ2n) is 7.46. The van der Waals surface area contributed by atoms with Gasteiger partial charge in [0.25, 0.3) is 5.91 Å². The largest absolute Gasteiger partial charge is 0.497 e. The predicted molar refractivity (Wildman–Crippen MR) is 141 cm³/mol. The normalized spacial score (nSPS) is 10.7. The molecule has 4 aromatic rings. The number of hydrogen-bond donors (Lipinski definition) is 2. The molecule has 0 aliphatic rings. The number of thioether (sulfide) groups is 1. The molecule has 14 heteroatoms. The first-order valence-electron chi connectivity index (χ1n) is 10.8. The zero-order chi connectivity index (χ0) is 26.4. The second-order valence-corrected chi connectivity index (χ2v) is 10.0. The average molecular weight is 560 g/mol. The van der Waals surface area contributed by atoms with Crippen molar-refractivity contribution in [2.24, 2.45) is 0 Å². The minimum atomic E-state index is -0.348. The van der Waals surface area contributed by atoms with Crippen molar-refractivity contribution in [3.8, 4) is 17.2 Å². The highest BCUT2D eigenvalue weighted by Gasteiger charge is 2.18. The van der Waals surface area contributed by atoms with Crippen LogP contribution in [0, 0.1) is 6.92 Å². The number of rotatable bonds is 10. The van der Waals surface area contributed by atoms with Gasteiger partial charge in [-0.15, -0.1) is 20.4 Å². The second kappa shape index (κ2) is 12.0. The van der Waals surface area contributed by atoms with Gasteiger partial charge in [-0.05, 0) is 37.3 Å². The minimum Gasteiger partial charge on any atom is -0.497 e. The van der Waals surface area contributed by atoms with E-state index in [0.29, 0.717) is 43.9 Å². The number of carbonyl (C=O) groups is 2. The number of amides is 2. The SMILES string of the molecule is COc1cc(OC)cc(C(=O)NCc2nnc(SCC(=O)Nc3nnc(C)s3)n2-c2cccc(Cl)c2)c1. The van der Waals surface area contributed by atoms with E-state index in [1.807, 2.05) is 6.07 Å². The molecule has 2 heterocycles. The molecule has 0 saturated heterocycles. The number of ether oxygens (including phenoxy) is 2. The standard InChI is InChI=1S/C23H22ClN7O4S2/c1-13-27-29-22(37-13)26-20(32)12-36-23-30-28-19(31(23)16-6-4-5-15(24)9-16)11-25-21(33)14-7-17(34-2)10-18(8-14)35-3/h4-10H,11-12H2,1-3H3,(H,25,33)(H,26,29,32). The molecule has 2 aromatic carbocycles. The molecule has 192 valence electrons. The Labute approximate surface area is 225 Å². The third kappa shape index (κ3) is 6.76. The van der Waals surface area contributed by atoms with Crippen LogP contribution in [0.25, 0.3) is 5.69 Å². The van der Waals surface area contributed by atoms with Crippen LogP contribution in [-0.2, 0) is 11.3 Å². The van der Waals surface area contributed by atoms with Gasteiger partial charge >= 0.3 is 0 Å². The van der Waals surface area contributed by atoms with Crippen LogP contribution >= 0.6 is 34.7 Å². The maximum absolute atomic E-state index is 12.9. The lowest BCUT2D eigenvalue weighted by atomic mass is 10.2. The smallest absolute Gasteiger partial charge is 0.251 e. The molecule has 0 radical (unpaired) electrons. The highest BCUT2D eigenvalue weighted by molar-refractivity contribution is 7.99. The van der Waals surface area contributed by atoms with Gasteiger partial charge in [-0.2, -0.15) is 0 Å². The number of aromatic nitrogens is 5. The van der Waals surface area contributed by atoms with Crippen LogP contribution in [0.1, 0.15) is 21.2 Å². The number of benzene rings is 2. The highest BCUT2D eigenvalue weighted by Crippen LogP contribution is 2.25. The van der Waals surface area contributed by atoms with E-state index in [4.69, 9.17) is 21.1 Å². The summed E-state index contributed by atoms with van der Waals surface area (Å²) >= 11 is 8.70. The quantitative estimate of drug-likeness (QED) is 0.278. The van der Waals surface area contributed by atoms with Crippen LogP contribution in [0.15, 0.2) is 47.6 Å². The summed E-state index contributed by atoms with van der Waals surface area (Å²) in [6.45, 7) is 1.87. The first-order valence-corrected chi connectivity index (χ1v) is 13.0. The van der Waals surface area contributed by atoms with Crippen molar-refractivity contribution >= 4 is 51.6 Å². The van der Waals surface area contributed by atoms with Gasteiger partial charge in [0.15, 0.2) is 11.0 Å². The van der Waals surface area contributed by atoms with Crippen molar-refractivity contribution in [3.05, 3.63) is 63.9 Å². The Hall–Kier alpha value is -3.68. The molecule has 0 aliphatic carbocycles. The van der Waals surface area contributed by atoms with Gasteiger partial charge in [-0.1, -0.05) is 40.8 Å². The lowest BCUT2D eigenvalue weighted by Gasteiger charge is -2.12. The molecule has 0 saturated carbocycles. The molecule has 37 heavy (non-hydrogen) atoms. The van der Waals surface area contributed by atoms with Crippen LogP contribution in [0.3, 0.4) is 0 Å². The fraction of sp³-hybridized carbons (Fsp3) is 0.217. The van der Waals surface area contributed by atoms with Crippen LogP contribution in [-0.4, -0.2) is 56.7 Å². The summed E-state index contributed by atoms with van der Waals surface area (Å²) in [4.78, 5) is 25.3. The summed E-state index contributed by atoms with van der Waals surface area (Å²) in [6, 6.07) is 12.0. The maximum atomic E-state index is 12.9. The highest BCUT2D eigenvalue weighted by atomic mass is 35.5. The summed E-state index contributed by atoms with van der Waals surface area (Å²) in [6.07, 6.45) is 0. The number of aryl methyl sites for hydroxylation is 1. The summed E-state index contributed by atoms with van der Waals surface area (Å²) in [5.74, 6) is 0.892. The number of carbonyl (C=O) groups excluding carboxylic acids is 2. The number of nitrogens with zero attached hydrogens (tertiary/aromatic N) is 5. The molecule has 0 bridgehead atoms. The molecular formula is C23H22ClN7O4S2. The molecule has 2 N–H and O–H groups in total. The van der Waals surface area contributed by atoms with Crippen molar-refractivity contribution < 1.29 is 19.1 Å². The van der Waals surface area contributed by atoms with Crippen LogP contribution in [0.5, 0.6) is 11.5 Å². The van der Waals surface area contributed by atoms with E-state index in [-0.39, 0.29) is 24.1 Å². The van der Waals surface area contributed by atoms with E-state index in [0.717, 1.165) is 5.01 Å². The lowest BCUT2D eigenvalue weighted by Crippen LogP contribution is -2.24. The Bertz CT molecular complexity index is 1400. The van der Waals surface area contributed by atoms with E-state index in [9.17, 15) is 9.59 Å². The van der Waals surface area contributed by atoms with E-state index in [2.05, 4.69) is 31.0 Å². The van der Waals surface area contributed by atoms with E-state index in [1.54, 1.807) is 47.9 Å². The van der Waals surface area contributed by atoms with E-state index < -0.39 is 0 Å². The van der Waals surface area contributed by atoms with Gasteiger partial charge in [0.2, 0.25) is 11.0 Å². The zero-order valence-electron chi connectivity index (χ0n) is 20.0. The van der Waals surface area contributed by atoms with Gasteiger partial charge in [0.05, 0.1) is 32.2 Å². The minimum absolute atomic E-state index is 0.0628. The molecule has 2 aromatic heterocycles. The fourth-order valence-corrected chi connectivity index (χ4v) is 4.78. The predicted octanol–water partition coefficient (Wildman–Crippen LogP) is 3.76. The molecule has 4 rings (SSSR count). The van der Waals surface area contributed by atoms with Crippen molar-refractivity contribution in [1.29, 1.82) is 0 Å². The molecule has 0 atom stereocenters. The summed E-state index contributed by atoms with van der Waals surface area (Å²) in [5.41, 5.74) is 1.05. The molecule has 0 aliphatic heterocycles. The average Bonchev–Trinajstić information content (AvgIpc) is 3.50. The number of halogens is 1. The van der Waals surface area contributed by atoms with E-state index in [1.165, 1.54) is 37.3 Å². The maximum Gasteiger partial charge on any atom is 0.251 e. The molecule has 0 fully saturated rings. The van der Waals surface area contributed by atoms with Gasteiger partial charge in [-0.25, -0.2) is 0 Å². The summed E-state index contributed by atoms with van der Waals surface area (Å²) < 4.78 is 12.2. The van der Waals surface area contributed by atoms with E-state index >= 15 is 0 Å². The first kappa shape index (κ1) is 26.4. The van der Waals surface area contributed by atoms with Gasteiger partial charge in [0.1, 0.15) is 16.5 Å². The Kier molecular flexibility index (Phi) is 8.58. The van der Waals surface area contributed by atoms with Gasteiger partial charge in [0, 0.05) is 16.7 Å². The molecular weight excluding hydrogens is 538 g/mol. The summed E-state index contributed by atoms with van der Waals surface area (Å²) in [5, 5.41) is 24.0. The number of anilines is 1. The third-order valence-corrected chi connectivity index (χ3v) is 6.81. The Morgan fingerprint density at radius 2 is 1.81 bits per heavy atom. The number of methoxy groups -OCH3 is 2. The molecule has 0 unspecified atom stereocenters. The van der Waals surface area contributed by atoms with Crippen molar-refractivity contribution in [1.82, 2.24) is 30.3 Å². The fourth-order valence-electron chi connectivity index (χ4n) is 3.22. The Morgan fingerprint density at radius 1 is 1.05 bits per heavy atom. The topological polar surface area (TPSA) is 133 Å². The third-order valence-electron chi connectivity index (χ3n) is 4.89. The van der Waals surface area contributed by atoms with Crippen molar-refractivity contribution in [3.63, 3.8) is 0 Å². The molecule has 2 amide bonds. The molecule has 11 nitrogen and oxygen atoms in total. The van der Waals surface area contributed by atoms with Crippen LogP contribution in [0.2, 0.25) is 5.02 Å². The number of hydrogen-bond acceptors (Lipinski definition) is 10. The van der Waals surface area contributed by atoms with Crippen molar-refractivity contribution in [2.75, 3.05) is 25.3 Å². The van der Waals surface area contributed by atoms with Crippen LogP contribution in [0.4, 0.5) is 5.13 Å². The first-order chi connectivity index (χ1) is 17.9. The Balaban J connectivity index is 1.52.